The van der Waals surface area contributed by atoms with Crippen LogP contribution in [0.5, 0.6) is 0 Å². The third-order valence-corrected chi connectivity index (χ3v) is 3.58. The molecule has 0 aliphatic rings. The van der Waals surface area contributed by atoms with Gasteiger partial charge >= 0.3 is 0 Å². The van der Waals surface area contributed by atoms with Crippen molar-refractivity contribution in [2.45, 2.75) is 46.6 Å². The minimum absolute atomic E-state index is 0.156. The van der Waals surface area contributed by atoms with E-state index >= 15 is 0 Å². The van der Waals surface area contributed by atoms with E-state index in [4.69, 9.17) is 5.73 Å². The number of aryl methyl sites for hydroxylation is 2. The van der Waals surface area contributed by atoms with Gasteiger partial charge in [-0.05, 0) is 48.1 Å². The largest absolute Gasteiger partial charge is 0.325 e. The molecule has 1 aromatic carbocycles. The number of aromatic nitrogens is 2. The number of rotatable bonds is 2. The third-order valence-electron chi connectivity index (χ3n) is 3.58. The highest BCUT2D eigenvalue weighted by Gasteiger charge is 2.17. The summed E-state index contributed by atoms with van der Waals surface area (Å²) in [4.78, 5) is 0. The molecule has 0 aliphatic carbocycles. The molecule has 0 spiro atoms. The fourth-order valence-corrected chi connectivity index (χ4v) is 2.40. The van der Waals surface area contributed by atoms with Gasteiger partial charge in [0.2, 0.25) is 0 Å². The first-order valence-corrected chi connectivity index (χ1v) is 6.97. The van der Waals surface area contributed by atoms with Gasteiger partial charge in [0.25, 0.3) is 0 Å². The van der Waals surface area contributed by atoms with E-state index in [0.29, 0.717) is 6.54 Å². The maximum atomic E-state index is 5.56. The third kappa shape index (κ3) is 2.88. The SMILES string of the molecule is Cc1cc(C(C)(C)C)cc(C)c1-c1ccc(CN)nn1. The van der Waals surface area contributed by atoms with Gasteiger partial charge in [0, 0.05) is 12.1 Å². The molecule has 3 heteroatoms. The van der Waals surface area contributed by atoms with Crippen LogP contribution in [0.1, 0.15) is 43.2 Å². The highest BCUT2D eigenvalue weighted by atomic mass is 15.1. The second-order valence-electron chi connectivity index (χ2n) is 6.35. The Morgan fingerprint density at radius 3 is 2.00 bits per heavy atom. The Hall–Kier alpha value is -1.74. The molecule has 0 fully saturated rings. The number of benzene rings is 1. The molecule has 20 heavy (non-hydrogen) atoms. The minimum atomic E-state index is 0.156. The summed E-state index contributed by atoms with van der Waals surface area (Å²) in [6.45, 7) is 11.4. The molecule has 0 bridgehead atoms. The molecule has 1 aromatic heterocycles. The zero-order valence-corrected chi connectivity index (χ0v) is 13.0. The Bertz CT molecular complexity index is 584. The zero-order valence-electron chi connectivity index (χ0n) is 13.0. The van der Waals surface area contributed by atoms with Crippen LogP contribution in [0.3, 0.4) is 0 Å². The number of nitrogens with zero attached hydrogens (tertiary/aromatic N) is 2. The van der Waals surface area contributed by atoms with E-state index in [1.165, 1.54) is 22.3 Å². The van der Waals surface area contributed by atoms with Crippen molar-refractivity contribution in [3.05, 3.63) is 46.6 Å². The van der Waals surface area contributed by atoms with Crippen LogP contribution in [0.4, 0.5) is 0 Å². The summed E-state index contributed by atoms with van der Waals surface area (Å²) in [6, 6.07) is 8.45. The number of nitrogens with two attached hydrogens (primary N) is 1. The Kier molecular flexibility index (Phi) is 3.91. The van der Waals surface area contributed by atoms with Crippen LogP contribution >= 0.6 is 0 Å². The van der Waals surface area contributed by atoms with Gasteiger partial charge in [-0.25, -0.2) is 0 Å². The van der Waals surface area contributed by atoms with Crippen LogP contribution in [-0.2, 0) is 12.0 Å². The van der Waals surface area contributed by atoms with Gasteiger partial charge in [-0.2, -0.15) is 10.2 Å². The maximum Gasteiger partial charge on any atom is 0.0935 e. The molecule has 106 valence electrons. The first-order chi connectivity index (χ1) is 9.32. The summed E-state index contributed by atoms with van der Waals surface area (Å²) >= 11 is 0. The molecule has 0 aliphatic heterocycles. The van der Waals surface area contributed by atoms with Gasteiger partial charge in [-0.15, -0.1) is 0 Å². The van der Waals surface area contributed by atoms with Gasteiger partial charge < -0.3 is 5.73 Å². The van der Waals surface area contributed by atoms with Gasteiger partial charge in [-0.1, -0.05) is 32.9 Å². The molecule has 0 unspecified atom stereocenters. The Morgan fingerprint density at radius 2 is 1.60 bits per heavy atom. The van der Waals surface area contributed by atoms with Crippen molar-refractivity contribution >= 4 is 0 Å². The minimum Gasteiger partial charge on any atom is -0.325 e. The lowest BCUT2D eigenvalue weighted by Crippen LogP contribution is -2.12. The molecule has 0 saturated carbocycles. The summed E-state index contributed by atoms with van der Waals surface area (Å²) in [5.74, 6) is 0. The van der Waals surface area contributed by atoms with Crippen molar-refractivity contribution in [2.75, 3.05) is 0 Å². The standard InChI is InChI=1S/C17H23N3/c1-11-8-13(17(3,4)5)9-12(2)16(11)15-7-6-14(10-18)19-20-15/h6-9H,10,18H2,1-5H3. The van der Waals surface area contributed by atoms with Gasteiger partial charge in [0.15, 0.2) is 0 Å². The maximum absolute atomic E-state index is 5.56. The number of hydrogen-bond donors (Lipinski definition) is 1. The average molecular weight is 269 g/mol. The molecule has 2 rings (SSSR count). The Morgan fingerprint density at radius 1 is 1.00 bits per heavy atom. The zero-order chi connectivity index (χ0) is 14.9. The second-order valence-corrected chi connectivity index (χ2v) is 6.35. The van der Waals surface area contributed by atoms with Crippen LogP contribution in [0.2, 0.25) is 0 Å². The van der Waals surface area contributed by atoms with E-state index in [9.17, 15) is 0 Å². The lowest BCUT2D eigenvalue weighted by molar-refractivity contribution is 0.589. The van der Waals surface area contributed by atoms with E-state index in [0.717, 1.165) is 11.4 Å². The average Bonchev–Trinajstić information content (AvgIpc) is 2.37. The monoisotopic (exact) mass is 269 g/mol. The van der Waals surface area contributed by atoms with Crippen molar-refractivity contribution in [1.29, 1.82) is 0 Å². The quantitative estimate of drug-likeness (QED) is 0.907. The second kappa shape index (κ2) is 5.33. The van der Waals surface area contributed by atoms with E-state index in [1.807, 2.05) is 12.1 Å². The van der Waals surface area contributed by atoms with Gasteiger partial charge in [0.1, 0.15) is 0 Å². The van der Waals surface area contributed by atoms with Crippen LogP contribution in [0, 0.1) is 13.8 Å². The summed E-state index contributed by atoms with van der Waals surface area (Å²) < 4.78 is 0. The van der Waals surface area contributed by atoms with Crippen LogP contribution < -0.4 is 5.73 Å². The Balaban J connectivity index is 2.52. The molecular formula is C17H23N3. The lowest BCUT2D eigenvalue weighted by atomic mass is 9.83. The summed E-state index contributed by atoms with van der Waals surface area (Å²) in [5, 5.41) is 8.46. The Labute approximate surface area is 121 Å². The highest BCUT2D eigenvalue weighted by Crippen LogP contribution is 2.31. The van der Waals surface area contributed by atoms with Crippen LogP contribution in [0.15, 0.2) is 24.3 Å². The van der Waals surface area contributed by atoms with E-state index in [1.54, 1.807) is 0 Å². The van der Waals surface area contributed by atoms with Crippen molar-refractivity contribution in [3.63, 3.8) is 0 Å². The summed E-state index contributed by atoms with van der Waals surface area (Å²) in [6.07, 6.45) is 0. The van der Waals surface area contributed by atoms with Gasteiger partial charge in [-0.3, -0.25) is 0 Å². The molecule has 2 aromatic rings. The van der Waals surface area contributed by atoms with Crippen LogP contribution in [-0.4, -0.2) is 10.2 Å². The normalized spacial score (nSPS) is 11.7. The fraction of sp³-hybridized carbons (Fsp3) is 0.412. The van der Waals surface area contributed by atoms with Crippen molar-refractivity contribution < 1.29 is 0 Å². The summed E-state index contributed by atoms with van der Waals surface area (Å²) in [7, 11) is 0. The molecule has 0 amide bonds. The number of hydrogen-bond acceptors (Lipinski definition) is 3. The fourth-order valence-electron chi connectivity index (χ4n) is 2.40. The lowest BCUT2D eigenvalue weighted by Gasteiger charge is -2.22. The molecule has 0 radical (unpaired) electrons. The van der Waals surface area contributed by atoms with Crippen molar-refractivity contribution in [2.24, 2.45) is 5.73 Å². The van der Waals surface area contributed by atoms with E-state index in [2.05, 4.69) is 56.9 Å². The van der Waals surface area contributed by atoms with Gasteiger partial charge in [0.05, 0.1) is 11.4 Å². The summed E-state index contributed by atoms with van der Waals surface area (Å²) in [5.41, 5.74) is 12.5. The molecule has 2 N–H and O–H groups in total. The topological polar surface area (TPSA) is 51.8 Å². The molecule has 1 heterocycles. The molecule has 3 nitrogen and oxygen atoms in total. The van der Waals surface area contributed by atoms with Crippen molar-refractivity contribution in [1.82, 2.24) is 10.2 Å². The molecule has 0 saturated heterocycles. The highest BCUT2D eigenvalue weighted by molar-refractivity contribution is 5.68. The van der Waals surface area contributed by atoms with Crippen LogP contribution in [0.25, 0.3) is 11.3 Å². The van der Waals surface area contributed by atoms with Crippen molar-refractivity contribution in [3.8, 4) is 11.3 Å². The molecular weight excluding hydrogens is 246 g/mol. The first-order valence-electron chi connectivity index (χ1n) is 6.97. The van der Waals surface area contributed by atoms with E-state index < -0.39 is 0 Å². The smallest absolute Gasteiger partial charge is 0.0935 e. The predicted octanol–water partition coefficient (Wildman–Crippen LogP) is 3.52. The predicted molar refractivity (Wildman–Crippen MR) is 83.5 cm³/mol. The first kappa shape index (κ1) is 14.7. The molecule has 0 atom stereocenters. The van der Waals surface area contributed by atoms with E-state index in [-0.39, 0.29) is 5.41 Å².